The molecule has 0 aromatic heterocycles. The molecule has 0 unspecified atom stereocenters. The minimum atomic E-state index is -0.982. The number of benzene rings is 1. The molecular weight excluding hydrogens is 224 g/mol. The van der Waals surface area contributed by atoms with Crippen LogP contribution in [0.4, 0.5) is 17.1 Å². The molecule has 1 rings (SSSR count). The predicted octanol–water partition coefficient (Wildman–Crippen LogP) is 0.853. The van der Waals surface area contributed by atoms with E-state index in [1.165, 1.54) is 18.2 Å². The van der Waals surface area contributed by atoms with Crippen molar-refractivity contribution in [1.29, 1.82) is 0 Å². The van der Waals surface area contributed by atoms with Crippen LogP contribution in [0.15, 0.2) is 18.2 Å². The maximum Gasteiger partial charge on any atom is 0.271 e. The number of nitrogens with one attached hydrogen (secondary N) is 1. The molecule has 0 aliphatic heterocycles. The van der Waals surface area contributed by atoms with Crippen molar-refractivity contribution < 1.29 is 9.72 Å². The molecule has 92 valence electrons. The third kappa shape index (κ3) is 2.83. The number of nitrogens with two attached hydrogens (primary N) is 2. The average Bonchev–Trinajstić information content (AvgIpc) is 2.20. The van der Waals surface area contributed by atoms with E-state index in [-0.39, 0.29) is 11.4 Å². The van der Waals surface area contributed by atoms with E-state index in [4.69, 9.17) is 11.5 Å². The van der Waals surface area contributed by atoms with Crippen LogP contribution in [0.2, 0.25) is 0 Å². The Balaban J connectivity index is 3.02. The molecule has 1 aromatic carbocycles. The fraction of sp³-hybridized carbons (Fsp3) is 0.300. The van der Waals surface area contributed by atoms with Gasteiger partial charge in [-0.15, -0.1) is 0 Å². The van der Waals surface area contributed by atoms with E-state index in [1.54, 1.807) is 13.8 Å². The Morgan fingerprint density at radius 1 is 1.47 bits per heavy atom. The summed E-state index contributed by atoms with van der Waals surface area (Å²) in [6, 6.07) is 3.97. The van der Waals surface area contributed by atoms with Crippen molar-refractivity contribution in [2.75, 3.05) is 11.1 Å². The van der Waals surface area contributed by atoms with Gasteiger partial charge in [0.1, 0.15) is 5.54 Å². The maximum absolute atomic E-state index is 11.1. The summed E-state index contributed by atoms with van der Waals surface area (Å²) in [5, 5.41) is 13.3. The number of nitro benzene ring substituents is 1. The largest absolute Gasteiger partial charge is 0.397 e. The lowest BCUT2D eigenvalue weighted by atomic mass is 10.0. The summed E-state index contributed by atoms with van der Waals surface area (Å²) in [5.74, 6) is -0.546. The quantitative estimate of drug-likeness (QED) is 0.407. The Morgan fingerprint density at radius 3 is 2.47 bits per heavy atom. The van der Waals surface area contributed by atoms with Crippen molar-refractivity contribution in [2.24, 2.45) is 5.73 Å². The fourth-order valence-electron chi connectivity index (χ4n) is 1.18. The Hall–Kier alpha value is -2.31. The summed E-state index contributed by atoms with van der Waals surface area (Å²) in [5.41, 5.74) is 10.4. The second-order valence-corrected chi connectivity index (χ2v) is 4.14. The summed E-state index contributed by atoms with van der Waals surface area (Å²) < 4.78 is 0. The maximum atomic E-state index is 11.1. The van der Waals surface area contributed by atoms with E-state index >= 15 is 0 Å². The normalized spacial score (nSPS) is 10.9. The smallest absolute Gasteiger partial charge is 0.271 e. The molecule has 1 amide bonds. The highest BCUT2D eigenvalue weighted by molar-refractivity contribution is 5.88. The van der Waals surface area contributed by atoms with E-state index < -0.39 is 16.4 Å². The Bertz CT molecular complexity index is 471. The zero-order valence-corrected chi connectivity index (χ0v) is 9.56. The second-order valence-electron chi connectivity index (χ2n) is 4.14. The lowest BCUT2D eigenvalue weighted by Crippen LogP contribution is -2.45. The highest BCUT2D eigenvalue weighted by atomic mass is 16.6. The first kappa shape index (κ1) is 12.8. The van der Waals surface area contributed by atoms with Gasteiger partial charge in [-0.1, -0.05) is 0 Å². The van der Waals surface area contributed by atoms with E-state index in [2.05, 4.69) is 5.32 Å². The number of non-ortho nitro benzene ring substituents is 1. The number of carbonyl (C=O) groups excluding carboxylic acids is 1. The van der Waals surface area contributed by atoms with Gasteiger partial charge in [-0.05, 0) is 19.9 Å². The number of nitrogen functional groups attached to an aromatic ring is 1. The number of anilines is 2. The summed E-state index contributed by atoms with van der Waals surface area (Å²) in [6.07, 6.45) is 0. The number of hydrogen-bond acceptors (Lipinski definition) is 5. The van der Waals surface area contributed by atoms with Gasteiger partial charge in [-0.3, -0.25) is 14.9 Å². The van der Waals surface area contributed by atoms with Gasteiger partial charge in [0.05, 0.1) is 16.3 Å². The van der Waals surface area contributed by atoms with E-state index in [0.717, 1.165) is 0 Å². The summed E-state index contributed by atoms with van der Waals surface area (Å²) in [7, 11) is 0. The number of hydrogen-bond donors (Lipinski definition) is 3. The standard InChI is InChI=1S/C10H14N4O3/c1-10(2,9(12)15)13-8-4-3-6(14(16)17)5-7(8)11/h3-5,13H,11H2,1-2H3,(H2,12,15). The zero-order valence-electron chi connectivity index (χ0n) is 9.56. The predicted molar refractivity (Wildman–Crippen MR) is 64.4 cm³/mol. The van der Waals surface area contributed by atoms with Crippen LogP contribution >= 0.6 is 0 Å². The van der Waals surface area contributed by atoms with E-state index in [0.29, 0.717) is 5.69 Å². The molecule has 0 aliphatic carbocycles. The fourth-order valence-corrected chi connectivity index (χ4v) is 1.18. The molecule has 0 saturated heterocycles. The molecule has 0 spiro atoms. The Labute approximate surface area is 97.9 Å². The van der Waals surface area contributed by atoms with Crippen molar-refractivity contribution in [3.63, 3.8) is 0 Å². The van der Waals surface area contributed by atoms with Crippen molar-refractivity contribution in [2.45, 2.75) is 19.4 Å². The highest BCUT2D eigenvalue weighted by Gasteiger charge is 2.25. The summed E-state index contributed by atoms with van der Waals surface area (Å²) >= 11 is 0. The van der Waals surface area contributed by atoms with Crippen molar-refractivity contribution in [3.05, 3.63) is 28.3 Å². The van der Waals surface area contributed by atoms with Gasteiger partial charge in [0.25, 0.3) is 5.69 Å². The number of carbonyl (C=O) groups is 1. The Morgan fingerprint density at radius 2 is 2.06 bits per heavy atom. The average molecular weight is 238 g/mol. The minimum absolute atomic E-state index is 0.107. The van der Waals surface area contributed by atoms with Crippen LogP contribution in [0.25, 0.3) is 0 Å². The van der Waals surface area contributed by atoms with Crippen molar-refractivity contribution in [3.8, 4) is 0 Å². The van der Waals surface area contributed by atoms with E-state index in [1.807, 2.05) is 0 Å². The van der Waals surface area contributed by atoms with Crippen LogP contribution in [-0.4, -0.2) is 16.4 Å². The molecule has 0 heterocycles. The van der Waals surface area contributed by atoms with Crippen molar-refractivity contribution in [1.82, 2.24) is 0 Å². The van der Waals surface area contributed by atoms with Gasteiger partial charge in [-0.2, -0.15) is 0 Å². The number of rotatable bonds is 4. The third-order valence-electron chi connectivity index (χ3n) is 2.31. The molecule has 0 atom stereocenters. The van der Waals surface area contributed by atoms with Crippen LogP contribution in [0.5, 0.6) is 0 Å². The van der Waals surface area contributed by atoms with Crippen LogP contribution < -0.4 is 16.8 Å². The molecule has 0 fully saturated rings. The SMILES string of the molecule is CC(C)(Nc1ccc([N+](=O)[O-])cc1N)C(N)=O. The minimum Gasteiger partial charge on any atom is -0.397 e. The van der Waals surface area contributed by atoms with Gasteiger partial charge in [0.2, 0.25) is 5.91 Å². The van der Waals surface area contributed by atoms with Crippen LogP contribution in [0.1, 0.15) is 13.8 Å². The van der Waals surface area contributed by atoms with Crippen LogP contribution in [0, 0.1) is 10.1 Å². The summed E-state index contributed by atoms with van der Waals surface area (Å²) in [6.45, 7) is 3.19. The molecule has 17 heavy (non-hydrogen) atoms. The number of nitrogens with zero attached hydrogens (tertiary/aromatic N) is 1. The molecule has 0 bridgehead atoms. The van der Waals surface area contributed by atoms with E-state index in [9.17, 15) is 14.9 Å². The Kier molecular flexibility index (Phi) is 3.21. The summed E-state index contributed by atoms with van der Waals surface area (Å²) in [4.78, 5) is 21.1. The molecule has 5 N–H and O–H groups in total. The molecule has 0 radical (unpaired) electrons. The highest BCUT2D eigenvalue weighted by Crippen LogP contribution is 2.26. The van der Waals surface area contributed by atoms with Gasteiger partial charge in [-0.25, -0.2) is 0 Å². The molecule has 7 nitrogen and oxygen atoms in total. The van der Waals surface area contributed by atoms with Crippen molar-refractivity contribution >= 4 is 23.0 Å². The zero-order chi connectivity index (χ0) is 13.2. The van der Waals surface area contributed by atoms with Gasteiger partial charge in [0, 0.05) is 12.1 Å². The first-order valence-electron chi connectivity index (χ1n) is 4.86. The topological polar surface area (TPSA) is 124 Å². The number of primary amides is 1. The third-order valence-corrected chi connectivity index (χ3v) is 2.31. The van der Waals surface area contributed by atoms with Gasteiger partial charge < -0.3 is 16.8 Å². The molecule has 7 heteroatoms. The number of amides is 1. The van der Waals surface area contributed by atoms with Crippen LogP contribution in [-0.2, 0) is 4.79 Å². The molecule has 1 aromatic rings. The first-order chi connectivity index (χ1) is 7.74. The second kappa shape index (κ2) is 4.28. The molecule has 0 aliphatic rings. The van der Waals surface area contributed by atoms with Gasteiger partial charge in [0.15, 0.2) is 0 Å². The molecular formula is C10H14N4O3. The first-order valence-corrected chi connectivity index (χ1v) is 4.86. The monoisotopic (exact) mass is 238 g/mol. The van der Waals surface area contributed by atoms with Gasteiger partial charge >= 0.3 is 0 Å². The van der Waals surface area contributed by atoms with Crippen LogP contribution in [0.3, 0.4) is 0 Å². The molecule has 0 saturated carbocycles. The lowest BCUT2D eigenvalue weighted by Gasteiger charge is -2.24. The lowest BCUT2D eigenvalue weighted by molar-refractivity contribution is -0.384. The number of nitro groups is 1.